The summed E-state index contributed by atoms with van der Waals surface area (Å²) in [5.41, 5.74) is 3.08. The first-order valence-corrected chi connectivity index (χ1v) is 13.4. The predicted octanol–water partition coefficient (Wildman–Crippen LogP) is 5.61. The van der Waals surface area contributed by atoms with Crippen molar-refractivity contribution in [3.8, 4) is 28.3 Å². The van der Waals surface area contributed by atoms with E-state index < -0.39 is 19.7 Å². The highest BCUT2D eigenvalue weighted by Gasteiger charge is 2.32. The van der Waals surface area contributed by atoms with Gasteiger partial charge in [-0.05, 0) is 63.6 Å². The van der Waals surface area contributed by atoms with Crippen LogP contribution in [0.1, 0.15) is 39.6 Å². The molecule has 0 bridgehead atoms. The molecule has 0 aliphatic carbocycles. The van der Waals surface area contributed by atoms with Crippen molar-refractivity contribution in [2.45, 2.75) is 39.5 Å². The number of phosphoric acid groups is 1. The molecule has 0 spiro atoms. The summed E-state index contributed by atoms with van der Waals surface area (Å²) in [5, 5.41) is 12.7. The molecule has 0 aromatic carbocycles. The second-order valence-corrected chi connectivity index (χ2v) is 10.9. The maximum atomic E-state index is 12.7. The minimum Gasteiger partial charge on any atom is -0.321 e. The number of anilines is 1. The molecule has 12 heteroatoms. The first-order valence-electron chi connectivity index (χ1n) is 11.9. The van der Waals surface area contributed by atoms with Gasteiger partial charge in [0, 0.05) is 46.9 Å². The topological polar surface area (TPSA) is 152 Å². The Labute approximate surface area is 225 Å². The van der Waals surface area contributed by atoms with Crippen LogP contribution < -0.4 is 5.32 Å². The summed E-state index contributed by atoms with van der Waals surface area (Å²) in [7, 11) is -4.42. The first kappa shape index (κ1) is 27.8. The van der Waals surface area contributed by atoms with Crippen LogP contribution in [0.2, 0.25) is 0 Å². The van der Waals surface area contributed by atoms with Crippen molar-refractivity contribution in [3.05, 3.63) is 73.6 Å². The van der Waals surface area contributed by atoms with Gasteiger partial charge in [0.05, 0.1) is 17.5 Å². The fourth-order valence-electron chi connectivity index (χ4n) is 3.93. The van der Waals surface area contributed by atoms with E-state index in [2.05, 4.69) is 26.8 Å². The van der Waals surface area contributed by atoms with Gasteiger partial charge in [-0.1, -0.05) is 6.58 Å². The Morgan fingerprint density at radius 2 is 1.95 bits per heavy atom. The first-order chi connectivity index (χ1) is 18.4. The average molecular weight is 547 g/mol. The third-order valence-corrected chi connectivity index (χ3v) is 6.80. The number of hydrogen-bond acceptors (Lipinski definition) is 8. The fraction of sp³-hybridized carbons (Fsp3) is 0.222. The second kappa shape index (κ2) is 10.9. The Balaban J connectivity index is 1.83. The van der Waals surface area contributed by atoms with Crippen LogP contribution in [0.25, 0.3) is 33.3 Å². The van der Waals surface area contributed by atoms with E-state index in [-0.39, 0.29) is 11.6 Å². The molecule has 0 fully saturated rings. The van der Waals surface area contributed by atoms with E-state index in [1.54, 1.807) is 69.1 Å². The van der Waals surface area contributed by atoms with Gasteiger partial charge < -0.3 is 14.8 Å². The van der Waals surface area contributed by atoms with E-state index in [1.807, 2.05) is 12.1 Å². The minimum absolute atomic E-state index is 0.232. The Morgan fingerprint density at radius 1 is 1.21 bits per heavy atom. The number of carbonyl (C=O) groups is 1. The quantitative estimate of drug-likeness (QED) is 0.212. The SMILES string of the molecule is C=CC(=O)Nc1cncc(-c2cnc3c(c2)c(-c2ccnc(C#N)c2)cn3C(C)OP(=O)(O)OC(C)(C)C)c1. The van der Waals surface area contributed by atoms with Gasteiger partial charge in [-0.3, -0.25) is 18.8 Å². The van der Waals surface area contributed by atoms with Crippen LogP contribution >= 0.6 is 7.82 Å². The molecule has 0 aliphatic heterocycles. The molecule has 4 aromatic heterocycles. The number of hydrogen-bond donors (Lipinski definition) is 2. The maximum Gasteiger partial charge on any atom is 0.474 e. The van der Waals surface area contributed by atoms with Crippen LogP contribution in [0.4, 0.5) is 5.69 Å². The van der Waals surface area contributed by atoms with Gasteiger partial charge in [-0.25, -0.2) is 14.5 Å². The van der Waals surface area contributed by atoms with E-state index in [4.69, 9.17) is 9.05 Å². The van der Waals surface area contributed by atoms with Crippen LogP contribution in [0.5, 0.6) is 0 Å². The van der Waals surface area contributed by atoms with Gasteiger partial charge in [0.25, 0.3) is 0 Å². The highest BCUT2D eigenvalue weighted by molar-refractivity contribution is 7.47. The van der Waals surface area contributed by atoms with E-state index in [0.717, 1.165) is 0 Å². The van der Waals surface area contributed by atoms with Crippen LogP contribution in [0.3, 0.4) is 0 Å². The average Bonchev–Trinajstić information content (AvgIpc) is 3.26. The molecule has 0 aliphatic rings. The number of carbonyl (C=O) groups excluding carboxylic acids is 1. The number of rotatable bonds is 8. The van der Waals surface area contributed by atoms with Crippen LogP contribution in [0, 0.1) is 11.3 Å². The van der Waals surface area contributed by atoms with Gasteiger partial charge in [0.2, 0.25) is 5.91 Å². The van der Waals surface area contributed by atoms with Crippen molar-refractivity contribution in [1.82, 2.24) is 19.5 Å². The van der Waals surface area contributed by atoms with Gasteiger partial charge in [0.1, 0.15) is 23.6 Å². The molecule has 200 valence electrons. The number of amides is 1. The lowest BCUT2D eigenvalue weighted by Gasteiger charge is -2.25. The van der Waals surface area contributed by atoms with Gasteiger partial charge in [0.15, 0.2) is 0 Å². The molecule has 11 nitrogen and oxygen atoms in total. The van der Waals surface area contributed by atoms with E-state index in [0.29, 0.717) is 39.0 Å². The standard InChI is InChI=1S/C27H27N6O5P/c1-6-25(34)32-22-10-19(13-29-15-22)20-11-23-24(18-7-8-30-21(9-18)12-28)16-33(26(23)31-14-20)17(2)37-39(35,36)38-27(3,4)5/h6-11,13-17H,1H2,2-5H3,(H,32,34)(H,35,36). The summed E-state index contributed by atoms with van der Waals surface area (Å²) in [5.74, 6) is -0.363. The van der Waals surface area contributed by atoms with Crippen molar-refractivity contribution in [3.63, 3.8) is 0 Å². The Bertz CT molecular complexity index is 1650. The highest BCUT2D eigenvalue weighted by Crippen LogP contribution is 2.50. The number of nitrogens with one attached hydrogen (secondary N) is 1. The molecule has 2 N–H and O–H groups in total. The molecule has 4 aromatic rings. The second-order valence-electron chi connectivity index (χ2n) is 9.62. The predicted molar refractivity (Wildman–Crippen MR) is 146 cm³/mol. The summed E-state index contributed by atoms with van der Waals surface area (Å²) in [6, 6.07) is 9.07. The number of nitriles is 1. The normalized spacial score (nSPS) is 13.8. The summed E-state index contributed by atoms with van der Waals surface area (Å²) >= 11 is 0. The Hall–Kier alpha value is -4.20. The van der Waals surface area contributed by atoms with Crippen molar-refractivity contribution < 1.29 is 23.3 Å². The lowest BCUT2D eigenvalue weighted by Crippen LogP contribution is -2.19. The number of aromatic nitrogens is 4. The summed E-state index contributed by atoms with van der Waals surface area (Å²) < 4.78 is 25.0. The minimum atomic E-state index is -4.42. The number of phosphoric ester groups is 1. The molecule has 2 unspecified atom stereocenters. The largest absolute Gasteiger partial charge is 0.474 e. The lowest BCUT2D eigenvalue weighted by molar-refractivity contribution is -0.111. The van der Waals surface area contributed by atoms with E-state index >= 15 is 0 Å². The van der Waals surface area contributed by atoms with Crippen molar-refractivity contribution in [1.29, 1.82) is 5.26 Å². The van der Waals surface area contributed by atoms with E-state index in [1.165, 1.54) is 18.5 Å². The van der Waals surface area contributed by atoms with Gasteiger partial charge in [-0.15, -0.1) is 0 Å². The number of fused-ring (bicyclic) bond motifs is 1. The molecule has 2 atom stereocenters. The zero-order valence-corrected chi connectivity index (χ0v) is 22.7. The zero-order valence-electron chi connectivity index (χ0n) is 21.8. The maximum absolute atomic E-state index is 12.7. The van der Waals surface area contributed by atoms with Gasteiger partial charge in [-0.2, -0.15) is 5.26 Å². The summed E-state index contributed by atoms with van der Waals surface area (Å²) in [6.07, 6.45) is 8.28. The Morgan fingerprint density at radius 3 is 2.64 bits per heavy atom. The van der Waals surface area contributed by atoms with Crippen LogP contribution in [0.15, 0.2) is 67.9 Å². The molecule has 0 saturated heterocycles. The third kappa shape index (κ3) is 6.63. The highest BCUT2D eigenvalue weighted by atomic mass is 31.2. The van der Waals surface area contributed by atoms with Crippen LogP contribution in [-0.2, 0) is 18.4 Å². The van der Waals surface area contributed by atoms with Crippen molar-refractivity contribution >= 4 is 30.5 Å². The summed E-state index contributed by atoms with van der Waals surface area (Å²) in [6.45, 7) is 10.0. The Kier molecular flexibility index (Phi) is 7.77. The van der Waals surface area contributed by atoms with Crippen molar-refractivity contribution in [2.24, 2.45) is 0 Å². The molecule has 4 heterocycles. The lowest BCUT2D eigenvalue weighted by atomic mass is 10.0. The van der Waals surface area contributed by atoms with Crippen LogP contribution in [-0.4, -0.2) is 35.9 Å². The van der Waals surface area contributed by atoms with Gasteiger partial charge >= 0.3 is 7.82 Å². The molecule has 39 heavy (non-hydrogen) atoms. The van der Waals surface area contributed by atoms with Crippen molar-refractivity contribution in [2.75, 3.05) is 5.32 Å². The fourth-order valence-corrected chi connectivity index (χ4v) is 5.15. The van der Waals surface area contributed by atoms with E-state index in [9.17, 15) is 19.5 Å². The number of nitrogens with zero attached hydrogens (tertiary/aromatic N) is 5. The third-order valence-electron chi connectivity index (χ3n) is 5.45. The molecule has 4 rings (SSSR count). The molecular formula is C27H27N6O5P. The zero-order chi connectivity index (χ0) is 28.4. The summed E-state index contributed by atoms with van der Waals surface area (Å²) in [4.78, 5) is 35.0. The molecule has 0 radical (unpaired) electrons. The molecular weight excluding hydrogens is 519 g/mol. The smallest absolute Gasteiger partial charge is 0.321 e. The molecule has 0 saturated carbocycles. The monoisotopic (exact) mass is 546 g/mol. The number of pyridine rings is 3. The molecule has 1 amide bonds.